The van der Waals surface area contributed by atoms with Gasteiger partial charge in [0, 0.05) is 11.8 Å². The molecule has 2 aromatic rings. The Bertz CT molecular complexity index is 780. The molecule has 2 aromatic carbocycles. The smallest absolute Gasteiger partial charge is 0.169 e. The average Bonchev–Trinajstić information content (AvgIpc) is 2.79. The molecule has 0 fully saturated rings. The van der Waals surface area contributed by atoms with Gasteiger partial charge in [-0.3, -0.25) is 0 Å². The summed E-state index contributed by atoms with van der Waals surface area (Å²) in [5.74, 6) is 2.66. The first kappa shape index (κ1) is 23.5. The molecule has 2 rings (SSSR count). The zero-order valence-electron chi connectivity index (χ0n) is 17.9. The average molecular weight is 418 g/mol. The summed E-state index contributed by atoms with van der Waals surface area (Å²) in [5, 5.41) is 7.40. The number of ether oxygens (including phenoxy) is 6. The normalized spacial score (nSPS) is 10.5. The Hall–Kier alpha value is -2.77. The highest BCUT2D eigenvalue weighted by Gasteiger charge is 2.09. The fraction of sp³-hybridized carbons (Fsp3) is 0.435. The highest BCUT2D eigenvalue weighted by Crippen LogP contribution is 2.31. The maximum Gasteiger partial charge on any atom is 0.169 e. The number of para-hydroxylation sites is 2. The van der Waals surface area contributed by atoms with E-state index < -0.39 is 0 Å². The van der Waals surface area contributed by atoms with Crippen LogP contribution in [0.3, 0.4) is 0 Å². The van der Waals surface area contributed by atoms with E-state index in [1.165, 1.54) is 6.21 Å². The van der Waals surface area contributed by atoms with Crippen LogP contribution in [-0.4, -0.2) is 60.1 Å². The fourth-order valence-electron chi connectivity index (χ4n) is 2.91. The van der Waals surface area contributed by atoms with Crippen LogP contribution in [0, 0.1) is 5.41 Å². The Kier molecular flexibility index (Phi) is 10.5. The Morgan fingerprint density at radius 2 is 1.27 bits per heavy atom. The number of aryl methyl sites for hydroxylation is 1. The second-order valence-corrected chi connectivity index (χ2v) is 6.25. The molecule has 164 valence electrons. The van der Waals surface area contributed by atoms with Gasteiger partial charge in [0.25, 0.3) is 0 Å². The van der Waals surface area contributed by atoms with Gasteiger partial charge in [0.15, 0.2) is 23.0 Å². The second-order valence-electron chi connectivity index (χ2n) is 6.25. The molecule has 7 heteroatoms. The van der Waals surface area contributed by atoms with Crippen molar-refractivity contribution >= 4 is 6.21 Å². The molecule has 0 aromatic heterocycles. The molecule has 0 amide bonds. The first-order chi connectivity index (χ1) is 14.7. The van der Waals surface area contributed by atoms with Crippen LogP contribution in [-0.2, 0) is 15.9 Å². The topological polar surface area (TPSA) is 79.2 Å². The van der Waals surface area contributed by atoms with Crippen molar-refractivity contribution < 1.29 is 28.4 Å². The van der Waals surface area contributed by atoms with E-state index >= 15 is 0 Å². The molecular formula is C23H31NO6. The van der Waals surface area contributed by atoms with E-state index in [1.807, 2.05) is 24.3 Å². The summed E-state index contributed by atoms with van der Waals surface area (Å²) in [6.07, 6.45) is 2.12. The first-order valence-electron chi connectivity index (χ1n) is 9.99. The zero-order chi connectivity index (χ0) is 21.6. The van der Waals surface area contributed by atoms with Gasteiger partial charge in [-0.25, -0.2) is 0 Å². The first-order valence-corrected chi connectivity index (χ1v) is 9.99. The summed E-state index contributed by atoms with van der Waals surface area (Å²) in [6, 6.07) is 11.3. The van der Waals surface area contributed by atoms with E-state index in [4.69, 9.17) is 33.8 Å². The molecule has 30 heavy (non-hydrogen) atoms. The molecule has 0 aliphatic rings. The van der Waals surface area contributed by atoms with Crippen LogP contribution in [0.4, 0.5) is 0 Å². The van der Waals surface area contributed by atoms with Gasteiger partial charge >= 0.3 is 0 Å². The number of rotatable bonds is 15. The highest BCUT2D eigenvalue weighted by molar-refractivity contribution is 5.82. The SMILES string of the molecule is CCc1cccc(OCCOCCOCCOc2cccc(C=N)c2OC)c1OC. The van der Waals surface area contributed by atoms with Gasteiger partial charge in [0.05, 0.1) is 40.6 Å². The lowest BCUT2D eigenvalue weighted by Crippen LogP contribution is -2.14. The maximum absolute atomic E-state index is 7.40. The van der Waals surface area contributed by atoms with Crippen LogP contribution in [0.2, 0.25) is 0 Å². The van der Waals surface area contributed by atoms with Crippen molar-refractivity contribution in [2.24, 2.45) is 0 Å². The molecule has 0 heterocycles. The van der Waals surface area contributed by atoms with Crippen molar-refractivity contribution in [3.63, 3.8) is 0 Å². The van der Waals surface area contributed by atoms with Gasteiger partial charge in [0.2, 0.25) is 0 Å². The van der Waals surface area contributed by atoms with E-state index in [9.17, 15) is 0 Å². The van der Waals surface area contributed by atoms with Crippen molar-refractivity contribution in [3.8, 4) is 23.0 Å². The van der Waals surface area contributed by atoms with Gasteiger partial charge < -0.3 is 33.8 Å². The molecule has 0 aliphatic heterocycles. The minimum absolute atomic E-state index is 0.383. The Morgan fingerprint density at radius 3 is 1.80 bits per heavy atom. The van der Waals surface area contributed by atoms with Crippen molar-refractivity contribution in [1.82, 2.24) is 0 Å². The molecule has 1 N–H and O–H groups in total. The van der Waals surface area contributed by atoms with Gasteiger partial charge in [-0.2, -0.15) is 0 Å². The van der Waals surface area contributed by atoms with Gasteiger partial charge in [-0.1, -0.05) is 25.1 Å². The monoisotopic (exact) mass is 417 g/mol. The molecule has 0 radical (unpaired) electrons. The van der Waals surface area contributed by atoms with Crippen LogP contribution >= 0.6 is 0 Å². The number of methoxy groups -OCH3 is 2. The third kappa shape index (κ3) is 6.93. The van der Waals surface area contributed by atoms with Crippen LogP contribution in [0.1, 0.15) is 18.1 Å². The highest BCUT2D eigenvalue weighted by atomic mass is 16.6. The Labute approximate surface area is 178 Å². The summed E-state index contributed by atoms with van der Waals surface area (Å²) >= 11 is 0. The predicted molar refractivity (Wildman–Crippen MR) is 116 cm³/mol. The summed E-state index contributed by atoms with van der Waals surface area (Å²) < 4.78 is 33.3. The van der Waals surface area contributed by atoms with E-state index in [0.717, 1.165) is 23.5 Å². The fourth-order valence-corrected chi connectivity index (χ4v) is 2.91. The quantitative estimate of drug-likeness (QED) is 0.351. The summed E-state index contributed by atoms with van der Waals surface area (Å²) in [6.45, 7) is 4.74. The van der Waals surface area contributed by atoms with Gasteiger partial charge in [0.1, 0.15) is 13.2 Å². The molecule has 0 unspecified atom stereocenters. The Balaban J connectivity index is 1.57. The van der Waals surface area contributed by atoms with Crippen molar-refractivity contribution in [2.45, 2.75) is 13.3 Å². The minimum atomic E-state index is 0.383. The summed E-state index contributed by atoms with van der Waals surface area (Å²) in [5.41, 5.74) is 1.79. The number of nitrogens with one attached hydrogen (secondary N) is 1. The molecule has 0 bridgehead atoms. The second kappa shape index (κ2) is 13.5. The van der Waals surface area contributed by atoms with Crippen LogP contribution < -0.4 is 18.9 Å². The zero-order valence-corrected chi connectivity index (χ0v) is 17.9. The molecule has 0 spiro atoms. The number of hydrogen-bond donors (Lipinski definition) is 1. The van der Waals surface area contributed by atoms with E-state index in [2.05, 4.69) is 6.92 Å². The molecule has 0 saturated heterocycles. The molecule has 0 aliphatic carbocycles. The number of hydrogen-bond acceptors (Lipinski definition) is 7. The van der Waals surface area contributed by atoms with Crippen LogP contribution in [0.5, 0.6) is 23.0 Å². The summed E-state index contributed by atoms with van der Waals surface area (Å²) in [4.78, 5) is 0. The molecule has 0 atom stereocenters. The third-order valence-electron chi connectivity index (χ3n) is 4.36. The summed E-state index contributed by atoms with van der Waals surface area (Å²) in [7, 11) is 3.21. The molecule has 7 nitrogen and oxygen atoms in total. The van der Waals surface area contributed by atoms with Gasteiger partial charge in [-0.15, -0.1) is 0 Å². The van der Waals surface area contributed by atoms with E-state index in [-0.39, 0.29) is 0 Å². The van der Waals surface area contributed by atoms with Crippen LogP contribution in [0.25, 0.3) is 0 Å². The van der Waals surface area contributed by atoms with Crippen molar-refractivity contribution in [2.75, 3.05) is 53.9 Å². The third-order valence-corrected chi connectivity index (χ3v) is 4.36. The predicted octanol–water partition coefficient (Wildman–Crippen LogP) is 3.75. The Morgan fingerprint density at radius 1 is 0.733 bits per heavy atom. The van der Waals surface area contributed by atoms with Gasteiger partial charge in [-0.05, 0) is 30.2 Å². The minimum Gasteiger partial charge on any atom is -0.493 e. The molecular weight excluding hydrogens is 386 g/mol. The lowest BCUT2D eigenvalue weighted by atomic mass is 10.1. The van der Waals surface area contributed by atoms with E-state index in [1.54, 1.807) is 26.4 Å². The molecule has 0 saturated carbocycles. The maximum atomic E-state index is 7.40. The lowest BCUT2D eigenvalue weighted by molar-refractivity contribution is 0.0269. The lowest BCUT2D eigenvalue weighted by Gasteiger charge is -2.14. The van der Waals surface area contributed by atoms with Crippen LogP contribution in [0.15, 0.2) is 36.4 Å². The van der Waals surface area contributed by atoms with E-state index in [0.29, 0.717) is 56.7 Å². The number of benzene rings is 2. The standard InChI is InChI=1S/C23H31NO6/c1-4-18-7-5-9-20(22(18)25-2)29-15-13-27-11-12-28-14-16-30-21-10-6-8-19(17-24)23(21)26-3/h5-10,17,24H,4,11-16H2,1-3H3. The van der Waals surface area contributed by atoms with Crippen molar-refractivity contribution in [3.05, 3.63) is 47.5 Å². The van der Waals surface area contributed by atoms with Crippen molar-refractivity contribution in [1.29, 1.82) is 5.41 Å². The largest absolute Gasteiger partial charge is 0.493 e.